The standard InChI is InChI=1S/C23H40N4O9/c1-17(2)13-18(28)3-4-19(23(35)36)27-11-9-25(15-21(31)32)7-5-24(14-20(29)30)6-8-26(10-12-27)16-22(33)34/h17,19H,3-16H2,1-2H3,(H,29,30)(H,31,32)(H,33,34)(H,35,36). The molecule has 0 spiro atoms. The van der Waals surface area contributed by atoms with E-state index in [1.807, 2.05) is 13.8 Å². The average Bonchev–Trinajstić information content (AvgIpc) is 2.73. The van der Waals surface area contributed by atoms with Crippen molar-refractivity contribution in [2.75, 3.05) is 72.0 Å². The molecule has 1 atom stereocenters. The summed E-state index contributed by atoms with van der Waals surface area (Å²) in [6.07, 6.45) is 0.566. The molecule has 0 saturated carbocycles. The molecule has 0 aromatic heterocycles. The summed E-state index contributed by atoms with van der Waals surface area (Å²) >= 11 is 0. The van der Waals surface area contributed by atoms with E-state index in [1.165, 1.54) is 0 Å². The van der Waals surface area contributed by atoms with Crippen molar-refractivity contribution in [1.29, 1.82) is 0 Å². The molecule has 13 nitrogen and oxygen atoms in total. The second-order valence-corrected chi connectivity index (χ2v) is 9.57. The van der Waals surface area contributed by atoms with Crippen molar-refractivity contribution in [1.82, 2.24) is 19.6 Å². The molecule has 1 unspecified atom stereocenters. The van der Waals surface area contributed by atoms with Crippen molar-refractivity contribution in [2.45, 2.75) is 39.2 Å². The van der Waals surface area contributed by atoms with E-state index in [-0.39, 0.29) is 96.5 Å². The molecule has 0 bridgehead atoms. The highest BCUT2D eigenvalue weighted by Gasteiger charge is 2.28. The molecular weight excluding hydrogens is 476 g/mol. The Morgan fingerprint density at radius 3 is 1.31 bits per heavy atom. The van der Waals surface area contributed by atoms with Crippen molar-refractivity contribution < 1.29 is 44.4 Å². The molecule has 1 aliphatic heterocycles. The smallest absolute Gasteiger partial charge is 0.320 e. The first-order chi connectivity index (χ1) is 16.9. The van der Waals surface area contributed by atoms with E-state index in [4.69, 9.17) is 0 Å². The van der Waals surface area contributed by atoms with Crippen LogP contribution in [0, 0.1) is 5.92 Å². The van der Waals surface area contributed by atoms with Crippen molar-refractivity contribution >= 4 is 29.7 Å². The van der Waals surface area contributed by atoms with Crippen LogP contribution in [0.3, 0.4) is 0 Å². The fourth-order valence-electron chi connectivity index (χ4n) is 4.23. The third-order valence-electron chi connectivity index (χ3n) is 6.01. The number of carboxylic acid groups (broad SMARTS) is 4. The molecule has 1 heterocycles. The summed E-state index contributed by atoms with van der Waals surface area (Å²) in [4.78, 5) is 64.9. The van der Waals surface area contributed by atoms with E-state index in [0.717, 1.165) is 0 Å². The van der Waals surface area contributed by atoms with Gasteiger partial charge in [-0.1, -0.05) is 13.8 Å². The Bertz CT molecular complexity index is 730. The fourth-order valence-corrected chi connectivity index (χ4v) is 4.23. The lowest BCUT2D eigenvalue weighted by Gasteiger charge is -2.35. The maximum atomic E-state index is 12.2. The van der Waals surface area contributed by atoms with E-state index in [9.17, 15) is 44.4 Å². The van der Waals surface area contributed by atoms with Gasteiger partial charge in [-0.2, -0.15) is 0 Å². The van der Waals surface area contributed by atoms with Crippen molar-refractivity contribution in [2.24, 2.45) is 5.92 Å². The molecular formula is C23H40N4O9. The van der Waals surface area contributed by atoms with Crippen molar-refractivity contribution in [3.63, 3.8) is 0 Å². The Morgan fingerprint density at radius 2 is 1.00 bits per heavy atom. The fraction of sp³-hybridized carbons (Fsp3) is 0.783. The zero-order chi connectivity index (χ0) is 27.3. The van der Waals surface area contributed by atoms with Gasteiger partial charge in [0.1, 0.15) is 11.8 Å². The predicted molar refractivity (Wildman–Crippen MR) is 129 cm³/mol. The summed E-state index contributed by atoms with van der Waals surface area (Å²) in [5.41, 5.74) is 0. The van der Waals surface area contributed by atoms with Gasteiger partial charge < -0.3 is 20.4 Å². The number of rotatable bonds is 13. The minimum Gasteiger partial charge on any atom is -0.480 e. The lowest BCUT2D eigenvalue weighted by molar-refractivity contribution is -0.145. The number of hydrogen-bond donors (Lipinski definition) is 4. The summed E-state index contributed by atoms with van der Waals surface area (Å²) < 4.78 is 0. The van der Waals surface area contributed by atoms with Crippen LogP contribution in [0.25, 0.3) is 0 Å². The molecule has 36 heavy (non-hydrogen) atoms. The van der Waals surface area contributed by atoms with E-state index >= 15 is 0 Å². The van der Waals surface area contributed by atoms with Gasteiger partial charge in [-0.25, -0.2) is 0 Å². The topological polar surface area (TPSA) is 179 Å². The highest BCUT2D eigenvalue weighted by atomic mass is 16.4. The third kappa shape index (κ3) is 13.5. The van der Waals surface area contributed by atoms with E-state index in [2.05, 4.69) is 0 Å². The van der Waals surface area contributed by atoms with Gasteiger partial charge in [0.2, 0.25) is 0 Å². The molecule has 1 fully saturated rings. The highest BCUT2D eigenvalue weighted by molar-refractivity contribution is 5.80. The lowest BCUT2D eigenvalue weighted by atomic mass is 10.0. The zero-order valence-corrected chi connectivity index (χ0v) is 21.2. The van der Waals surface area contributed by atoms with E-state index in [0.29, 0.717) is 6.42 Å². The van der Waals surface area contributed by atoms with Crippen LogP contribution in [0.5, 0.6) is 0 Å². The van der Waals surface area contributed by atoms with E-state index < -0.39 is 29.9 Å². The number of hydrogen-bond acceptors (Lipinski definition) is 9. The first-order valence-electron chi connectivity index (χ1n) is 12.2. The quantitative estimate of drug-likeness (QED) is 0.242. The molecule has 1 rings (SSSR count). The van der Waals surface area contributed by atoms with Crippen LogP contribution in [0.4, 0.5) is 0 Å². The summed E-state index contributed by atoms with van der Waals surface area (Å²) in [7, 11) is 0. The Balaban J connectivity index is 3.10. The maximum Gasteiger partial charge on any atom is 0.320 e. The van der Waals surface area contributed by atoms with Crippen LogP contribution in [-0.2, 0) is 24.0 Å². The summed E-state index contributed by atoms with van der Waals surface area (Å²) in [5.74, 6) is -4.11. The molecule has 13 heteroatoms. The number of carbonyl (C=O) groups is 5. The SMILES string of the molecule is CC(C)CC(=O)CCC(C(=O)O)N1CCN(CC(=O)O)CCN(CC(=O)O)CCN(CC(=O)O)CC1. The first kappa shape index (κ1) is 31.4. The summed E-state index contributed by atoms with van der Waals surface area (Å²) in [6.45, 7) is 4.82. The van der Waals surface area contributed by atoms with Crippen molar-refractivity contribution in [3.05, 3.63) is 0 Å². The average molecular weight is 517 g/mol. The van der Waals surface area contributed by atoms with Crippen molar-refractivity contribution in [3.8, 4) is 0 Å². The Kier molecular flexibility index (Phi) is 14.1. The van der Waals surface area contributed by atoms with Gasteiger partial charge >= 0.3 is 23.9 Å². The Labute approximate surface area is 211 Å². The number of Topliss-reactive ketones (excluding diaryl/α,β-unsaturated/α-hetero) is 1. The molecule has 0 aliphatic carbocycles. The van der Waals surface area contributed by atoms with Gasteiger partial charge in [0.25, 0.3) is 0 Å². The summed E-state index contributed by atoms with van der Waals surface area (Å²) in [6, 6.07) is -0.981. The minimum atomic E-state index is -1.10. The second kappa shape index (κ2) is 16.2. The molecule has 0 amide bonds. The Hall–Kier alpha value is -2.61. The molecule has 0 radical (unpaired) electrons. The van der Waals surface area contributed by atoms with Crippen LogP contribution in [0.15, 0.2) is 0 Å². The van der Waals surface area contributed by atoms with Crippen LogP contribution in [-0.4, -0.2) is 148 Å². The molecule has 206 valence electrons. The van der Waals surface area contributed by atoms with Crippen LogP contribution in [0.2, 0.25) is 0 Å². The van der Waals surface area contributed by atoms with Crippen LogP contribution in [0.1, 0.15) is 33.1 Å². The molecule has 1 saturated heterocycles. The number of ketones is 1. The maximum absolute atomic E-state index is 12.2. The van der Waals surface area contributed by atoms with Gasteiger partial charge in [-0.15, -0.1) is 0 Å². The Morgan fingerprint density at radius 1 is 0.639 bits per heavy atom. The largest absolute Gasteiger partial charge is 0.480 e. The normalized spacial score (nSPS) is 18.8. The number of carbonyl (C=O) groups excluding carboxylic acids is 1. The zero-order valence-electron chi connectivity index (χ0n) is 21.2. The number of nitrogens with zero attached hydrogens (tertiary/aromatic N) is 4. The highest BCUT2D eigenvalue weighted by Crippen LogP contribution is 2.13. The van der Waals surface area contributed by atoms with E-state index in [1.54, 1.807) is 19.6 Å². The van der Waals surface area contributed by atoms with Crippen LogP contribution >= 0.6 is 0 Å². The molecule has 1 aliphatic rings. The third-order valence-corrected chi connectivity index (χ3v) is 6.01. The monoisotopic (exact) mass is 516 g/mol. The first-order valence-corrected chi connectivity index (χ1v) is 12.2. The molecule has 0 aromatic rings. The second-order valence-electron chi connectivity index (χ2n) is 9.57. The lowest BCUT2D eigenvalue weighted by Crippen LogP contribution is -2.51. The number of carboxylic acids is 4. The van der Waals surface area contributed by atoms with Gasteiger partial charge in [0.05, 0.1) is 19.6 Å². The molecule has 4 N–H and O–H groups in total. The minimum absolute atomic E-state index is 0.0240. The molecule has 0 aromatic carbocycles. The van der Waals surface area contributed by atoms with Gasteiger partial charge in [-0.05, 0) is 12.3 Å². The van der Waals surface area contributed by atoms with Gasteiger partial charge in [0, 0.05) is 65.2 Å². The predicted octanol–water partition coefficient (Wildman–Crippen LogP) is -0.690. The summed E-state index contributed by atoms with van der Waals surface area (Å²) in [5, 5.41) is 37.8. The van der Waals surface area contributed by atoms with Gasteiger partial charge in [0.15, 0.2) is 0 Å². The number of aliphatic carboxylic acids is 4. The van der Waals surface area contributed by atoms with Crippen LogP contribution < -0.4 is 0 Å². The van der Waals surface area contributed by atoms with Gasteiger partial charge in [-0.3, -0.25) is 43.6 Å².